The van der Waals surface area contributed by atoms with E-state index in [4.69, 9.17) is 0 Å². The van der Waals surface area contributed by atoms with Crippen molar-refractivity contribution in [3.8, 4) is 11.5 Å². The molecule has 0 spiro atoms. The molecule has 0 aliphatic carbocycles. The van der Waals surface area contributed by atoms with Crippen molar-refractivity contribution >= 4 is 5.91 Å². The predicted molar refractivity (Wildman–Crippen MR) is 78.7 cm³/mol. The maximum Gasteiger partial charge on any atom is 0.237 e. The number of hydrogen-bond acceptors (Lipinski definition) is 4. The quantitative estimate of drug-likeness (QED) is 0.680. The minimum atomic E-state index is -0.381. The smallest absolute Gasteiger partial charge is 0.237 e. The lowest BCUT2D eigenvalue weighted by Gasteiger charge is -2.25. The molecule has 1 rings (SSSR count). The van der Waals surface area contributed by atoms with Crippen molar-refractivity contribution in [2.45, 2.75) is 52.2 Å². The summed E-state index contributed by atoms with van der Waals surface area (Å²) in [6.07, 6.45) is 0. The second-order valence-corrected chi connectivity index (χ2v) is 6.13. The summed E-state index contributed by atoms with van der Waals surface area (Å²) in [5, 5.41) is 25.0. The molecule has 1 aromatic carbocycles. The largest absolute Gasteiger partial charge is 0.508 e. The van der Waals surface area contributed by atoms with Crippen LogP contribution in [0.25, 0.3) is 0 Å². The van der Waals surface area contributed by atoms with Gasteiger partial charge in [0.25, 0.3) is 0 Å². The van der Waals surface area contributed by atoms with E-state index in [1.54, 1.807) is 19.1 Å². The van der Waals surface area contributed by atoms with Crippen LogP contribution in [-0.2, 0) is 4.79 Å². The molecule has 1 aromatic rings. The van der Waals surface area contributed by atoms with E-state index in [0.29, 0.717) is 0 Å². The fourth-order valence-electron chi connectivity index (χ4n) is 1.89. The lowest BCUT2D eigenvalue weighted by atomic mass is 10.1. The average molecular weight is 280 g/mol. The van der Waals surface area contributed by atoms with Gasteiger partial charge in [-0.25, -0.2) is 0 Å². The van der Waals surface area contributed by atoms with E-state index in [1.807, 2.05) is 27.7 Å². The Morgan fingerprint density at radius 1 is 1.10 bits per heavy atom. The van der Waals surface area contributed by atoms with E-state index in [0.717, 1.165) is 5.56 Å². The normalized spacial score (nSPS) is 14.7. The van der Waals surface area contributed by atoms with Gasteiger partial charge in [0, 0.05) is 17.6 Å². The second-order valence-electron chi connectivity index (χ2n) is 6.13. The van der Waals surface area contributed by atoms with Crippen molar-refractivity contribution in [1.29, 1.82) is 0 Å². The molecule has 0 radical (unpaired) electrons. The summed E-state index contributed by atoms with van der Waals surface area (Å²) in [6, 6.07) is 3.84. The first kappa shape index (κ1) is 16.3. The molecule has 0 heterocycles. The van der Waals surface area contributed by atoms with Gasteiger partial charge in [-0.15, -0.1) is 0 Å². The van der Waals surface area contributed by atoms with Crippen LogP contribution in [0.5, 0.6) is 11.5 Å². The number of nitrogens with one attached hydrogen (secondary N) is 2. The van der Waals surface area contributed by atoms with Crippen LogP contribution in [0.1, 0.15) is 46.2 Å². The van der Waals surface area contributed by atoms with Gasteiger partial charge >= 0.3 is 0 Å². The van der Waals surface area contributed by atoms with Crippen molar-refractivity contribution in [2.24, 2.45) is 0 Å². The molecule has 0 aliphatic heterocycles. The molecule has 0 bridgehead atoms. The monoisotopic (exact) mass is 280 g/mol. The van der Waals surface area contributed by atoms with Crippen LogP contribution in [-0.4, -0.2) is 27.7 Å². The van der Waals surface area contributed by atoms with Crippen LogP contribution >= 0.6 is 0 Å². The molecule has 0 aliphatic rings. The highest BCUT2D eigenvalue weighted by molar-refractivity contribution is 5.82. The van der Waals surface area contributed by atoms with Gasteiger partial charge in [-0.2, -0.15) is 0 Å². The molecule has 1 amide bonds. The zero-order valence-corrected chi connectivity index (χ0v) is 12.7. The standard InChI is InChI=1S/C15H24N2O3/c1-9(11-6-12(18)8-13(19)7-11)16-10(2)14(20)17-15(3,4)5/h6-10,16,18-19H,1-5H3,(H,17,20). The van der Waals surface area contributed by atoms with Crippen molar-refractivity contribution in [3.63, 3.8) is 0 Å². The third-order valence-electron chi connectivity index (χ3n) is 2.82. The highest BCUT2D eigenvalue weighted by Crippen LogP contribution is 2.24. The number of rotatable bonds is 4. The number of carbonyl (C=O) groups excluding carboxylic acids is 1. The Balaban J connectivity index is 2.70. The van der Waals surface area contributed by atoms with Crippen molar-refractivity contribution < 1.29 is 15.0 Å². The Bertz CT molecular complexity index is 460. The third kappa shape index (κ3) is 5.09. The number of amides is 1. The summed E-state index contributed by atoms with van der Waals surface area (Å²) in [4.78, 5) is 12.0. The summed E-state index contributed by atoms with van der Waals surface area (Å²) in [7, 11) is 0. The Morgan fingerprint density at radius 3 is 2.05 bits per heavy atom. The van der Waals surface area contributed by atoms with E-state index >= 15 is 0 Å². The summed E-state index contributed by atoms with van der Waals surface area (Å²) >= 11 is 0. The molecule has 0 fully saturated rings. The Kier molecular flexibility index (Phi) is 5.00. The first-order chi connectivity index (χ1) is 9.08. The van der Waals surface area contributed by atoms with Gasteiger partial charge in [0.05, 0.1) is 6.04 Å². The van der Waals surface area contributed by atoms with Gasteiger partial charge in [-0.3, -0.25) is 10.1 Å². The summed E-state index contributed by atoms with van der Waals surface area (Å²) < 4.78 is 0. The molecule has 2 atom stereocenters. The minimum Gasteiger partial charge on any atom is -0.508 e. The average Bonchev–Trinajstić information content (AvgIpc) is 2.25. The maximum atomic E-state index is 12.0. The van der Waals surface area contributed by atoms with E-state index in [1.165, 1.54) is 6.07 Å². The molecule has 4 N–H and O–H groups in total. The minimum absolute atomic E-state index is 0.000413. The number of phenols is 2. The van der Waals surface area contributed by atoms with Crippen LogP contribution in [0.3, 0.4) is 0 Å². The molecule has 5 heteroatoms. The van der Waals surface area contributed by atoms with Crippen LogP contribution in [0.15, 0.2) is 18.2 Å². The third-order valence-corrected chi connectivity index (χ3v) is 2.82. The van der Waals surface area contributed by atoms with Gasteiger partial charge < -0.3 is 15.5 Å². The zero-order chi connectivity index (χ0) is 15.5. The van der Waals surface area contributed by atoms with Gasteiger partial charge in [-0.05, 0) is 52.3 Å². The molecule has 20 heavy (non-hydrogen) atoms. The number of hydrogen-bond donors (Lipinski definition) is 4. The second kappa shape index (κ2) is 6.13. The Morgan fingerprint density at radius 2 is 1.60 bits per heavy atom. The fourth-order valence-corrected chi connectivity index (χ4v) is 1.89. The molecular weight excluding hydrogens is 256 g/mol. The van der Waals surface area contributed by atoms with E-state index in [9.17, 15) is 15.0 Å². The summed E-state index contributed by atoms with van der Waals surface area (Å²) in [6.45, 7) is 9.42. The molecule has 0 saturated heterocycles. The topological polar surface area (TPSA) is 81.6 Å². The lowest BCUT2D eigenvalue weighted by molar-refractivity contribution is -0.124. The zero-order valence-electron chi connectivity index (χ0n) is 12.7. The highest BCUT2D eigenvalue weighted by Gasteiger charge is 2.21. The Labute approximate surface area is 120 Å². The van der Waals surface area contributed by atoms with Crippen LogP contribution in [0.2, 0.25) is 0 Å². The molecule has 0 aromatic heterocycles. The van der Waals surface area contributed by atoms with Gasteiger partial charge in [0.2, 0.25) is 5.91 Å². The SMILES string of the molecule is CC(NC(C)c1cc(O)cc(O)c1)C(=O)NC(C)(C)C. The predicted octanol–water partition coefficient (Wildman–Crippen LogP) is 2.05. The first-order valence-corrected chi connectivity index (χ1v) is 6.69. The maximum absolute atomic E-state index is 12.0. The summed E-state index contributed by atoms with van der Waals surface area (Å²) in [5.74, 6) is -0.0883. The van der Waals surface area contributed by atoms with Gasteiger partial charge in [0.1, 0.15) is 11.5 Å². The van der Waals surface area contributed by atoms with E-state index in [-0.39, 0.29) is 35.0 Å². The van der Waals surface area contributed by atoms with Crippen LogP contribution in [0.4, 0.5) is 0 Å². The van der Waals surface area contributed by atoms with Crippen LogP contribution < -0.4 is 10.6 Å². The van der Waals surface area contributed by atoms with E-state index in [2.05, 4.69) is 10.6 Å². The molecule has 2 unspecified atom stereocenters. The highest BCUT2D eigenvalue weighted by atomic mass is 16.3. The van der Waals surface area contributed by atoms with E-state index < -0.39 is 0 Å². The number of benzene rings is 1. The number of aromatic hydroxyl groups is 2. The van der Waals surface area contributed by atoms with Crippen LogP contribution in [0, 0.1) is 0 Å². The molecule has 112 valence electrons. The first-order valence-electron chi connectivity index (χ1n) is 6.69. The Hall–Kier alpha value is -1.75. The fraction of sp³-hybridized carbons (Fsp3) is 0.533. The van der Waals surface area contributed by atoms with Gasteiger partial charge in [-0.1, -0.05) is 0 Å². The van der Waals surface area contributed by atoms with Crippen molar-refractivity contribution in [1.82, 2.24) is 10.6 Å². The molecular formula is C15H24N2O3. The van der Waals surface area contributed by atoms with Gasteiger partial charge in [0.15, 0.2) is 0 Å². The lowest BCUT2D eigenvalue weighted by Crippen LogP contribution is -2.49. The van der Waals surface area contributed by atoms with Crippen molar-refractivity contribution in [2.75, 3.05) is 0 Å². The molecule has 0 saturated carbocycles. The molecule has 5 nitrogen and oxygen atoms in total. The summed E-state index contributed by atoms with van der Waals surface area (Å²) in [5.41, 5.74) is 0.442. The number of phenolic OH excluding ortho intramolecular Hbond substituents is 2. The van der Waals surface area contributed by atoms with Crippen molar-refractivity contribution in [3.05, 3.63) is 23.8 Å². The number of carbonyl (C=O) groups is 1.